The maximum Gasteiger partial charge on any atom is 0.235 e. The number of hydrogen-bond donors (Lipinski definition) is 0. The standard InChI is InChI=1S/C56H34N4/c1-3-18-35(19-4-1)36-20-17-21-37(34-36)53-43-28-11-14-31-46(43)57-56(58-53)60-48-33-16-13-30-45(48)52-50-42-27-10-8-25-40(42)39-24-7-9-26-41(39)49(50)51-44-29-12-15-32-47(44)59(54(51)55(52)60)38-22-5-2-6-23-38/h1-34H. The largest absolute Gasteiger partial charge is 0.307 e. The number of fused-ring (bicyclic) bond motifs is 16. The minimum Gasteiger partial charge on any atom is -0.307 e. The van der Waals surface area contributed by atoms with Crippen LogP contribution >= 0.6 is 0 Å². The van der Waals surface area contributed by atoms with Crippen molar-refractivity contribution in [1.82, 2.24) is 19.1 Å². The van der Waals surface area contributed by atoms with Gasteiger partial charge in [-0.1, -0.05) is 170 Å². The molecule has 0 saturated heterocycles. The normalized spacial score (nSPS) is 12.0. The quantitative estimate of drug-likeness (QED) is 0.167. The van der Waals surface area contributed by atoms with Crippen molar-refractivity contribution in [2.24, 2.45) is 0 Å². The first-order valence-corrected chi connectivity index (χ1v) is 20.5. The van der Waals surface area contributed by atoms with Crippen molar-refractivity contribution in [3.63, 3.8) is 0 Å². The molecule has 0 unspecified atom stereocenters. The third-order valence-corrected chi connectivity index (χ3v) is 12.5. The van der Waals surface area contributed by atoms with Gasteiger partial charge in [-0.25, -0.2) is 9.97 Å². The average molecular weight is 763 g/mol. The second kappa shape index (κ2) is 12.7. The maximum absolute atomic E-state index is 5.65. The molecule has 3 heterocycles. The van der Waals surface area contributed by atoms with Gasteiger partial charge in [0.25, 0.3) is 0 Å². The minimum absolute atomic E-state index is 0.635. The molecule has 0 radical (unpaired) electrons. The first kappa shape index (κ1) is 32.9. The average Bonchev–Trinajstić information content (AvgIpc) is 3.85. The summed E-state index contributed by atoms with van der Waals surface area (Å²) in [5.41, 5.74) is 10.7. The van der Waals surface area contributed by atoms with Crippen LogP contribution in [0.2, 0.25) is 0 Å². The smallest absolute Gasteiger partial charge is 0.235 e. The summed E-state index contributed by atoms with van der Waals surface area (Å²) in [7, 11) is 0. The van der Waals surface area contributed by atoms with Crippen molar-refractivity contribution >= 4 is 86.8 Å². The number of para-hydroxylation sites is 4. The molecule has 0 bridgehead atoms. The molecule has 10 aromatic carbocycles. The van der Waals surface area contributed by atoms with Crippen LogP contribution in [-0.2, 0) is 0 Å². The van der Waals surface area contributed by atoms with Gasteiger partial charge in [0.1, 0.15) is 0 Å². The highest BCUT2D eigenvalue weighted by Crippen LogP contribution is 2.51. The van der Waals surface area contributed by atoms with Crippen molar-refractivity contribution in [2.45, 2.75) is 0 Å². The molecule has 4 nitrogen and oxygen atoms in total. The third kappa shape index (κ3) is 4.61. The highest BCUT2D eigenvalue weighted by atomic mass is 15.2. The van der Waals surface area contributed by atoms with Crippen molar-refractivity contribution in [1.29, 1.82) is 0 Å². The van der Waals surface area contributed by atoms with Gasteiger partial charge in [-0.05, 0) is 69.1 Å². The van der Waals surface area contributed by atoms with E-state index >= 15 is 0 Å². The highest BCUT2D eigenvalue weighted by Gasteiger charge is 2.28. The zero-order valence-electron chi connectivity index (χ0n) is 32.4. The summed E-state index contributed by atoms with van der Waals surface area (Å²) in [5, 5.41) is 13.3. The molecule has 0 N–H and O–H groups in total. The number of benzene rings is 10. The van der Waals surface area contributed by atoms with E-state index in [4.69, 9.17) is 9.97 Å². The molecule has 3 aromatic heterocycles. The van der Waals surface area contributed by atoms with Crippen molar-refractivity contribution < 1.29 is 0 Å². The zero-order valence-corrected chi connectivity index (χ0v) is 32.4. The Labute approximate surface area is 344 Å². The molecule has 0 spiro atoms. The van der Waals surface area contributed by atoms with E-state index in [0.717, 1.165) is 60.9 Å². The van der Waals surface area contributed by atoms with Gasteiger partial charge in [-0.3, -0.25) is 4.57 Å². The molecule has 0 amide bonds. The Balaban J connectivity index is 1.29. The van der Waals surface area contributed by atoms with Crippen LogP contribution in [0, 0.1) is 0 Å². The molecule has 4 heteroatoms. The molecule has 60 heavy (non-hydrogen) atoms. The Bertz CT molecular complexity index is 3880. The van der Waals surface area contributed by atoms with E-state index in [2.05, 4.69) is 215 Å². The lowest BCUT2D eigenvalue weighted by Gasteiger charge is -2.17. The predicted molar refractivity (Wildman–Crippen MR) is 252 cm³/mol. The van der Waals surface area contributed by atoms with E-state index in [9.17, 15) is 0 Å². The summed E-state index contributed by atoms with van der Waals surface area (Å²) in [4.78, 5) is 11.1. The van der Waals surface area contributed by atoms with Crippen LogP contribution in [0.25, 0.3) is 121 Å². The van der Waals surface area contributed by atoms with Crippen LogP contribution in [0.5, 0.6) is 0 Å². The maximum atomic E-state index is 5.65. The van der Waals surface area contributed by atoms with Gasteiger partial charge in [-0.2, -0.15) is 0 Å². The molecule has 13 rings (SSSR count). The fraction of sp³-hybridized carbons (Fsp3) is 0. The van der Waals surface area contributed by atoms with Gasteiger partial charge in [0, 0.05) is 49.0 Å². The van der Waals surface area contributed by atoms with E-state index in [1.807, 2.05) is 0 Å². The molecular formula is C56H34N4. The Hall–Kier alpha value is -8.08. The summed E-state index contributed by atoms with van der Waals surface area (Å²) in [5.74, 6) is 0.635. The summed E-state index contributed by atoms with van der Waals surface area (Å²) in [6.45, 7) is 0. The summed E-state index contributed by atoms with van der Waals surface area (Å²) in [6.07, 6.45) is 0. The van der Waals surface area contributed by atoms with Crippen LogP contribution in [0.4, 0.5) is 0 Å². The van der Waals surface area contributed by atoms with E-state index in [1.165, 1.54) is 54.0 Å². The van der Waals surface area contributed by atoms with Gasteiger partial charge in [0.05, 0.1) is 33.3 Å². The first-order valence-electron chi connectivity index (χ1n) is 20.5. The van der Waals surface area contributed by atoms with Gasteiger partial charge in [0.2, 0.25) is 5.95 Å². The fourth-order valence-electron chi connectivity index (χ4n) is 10.0. The monoisotopic (exact) mass is 762 g/mol. The summed E-state index contributed by atoms with van der Waals surface area (Å²) in [6, 6.07) is 74.1. The van der Waals surface area contributed by atoms with E-state index in [1.54, 1.807) is 0 Å². The lowest BCUT2D eigenvalue weighted by Crippen LogP contribution is -2.05. The zero-order chi connectivity index (χ0) is 39.3. The molecular weight excluding hydrogens is 729 g/mol. The summed E-state index contributed by atoms with van der Waals surface area (Å²) < 4.78 is 4.82. The molecule has 0 aliphatic rings. The van der Waals surface area contributed by atoms with Crippen molar-refractivity contribution in [2.75, 3.05) is 0 Å². The van der Waals surface area contributed by atoms with Gasteiger partial charge in [0.15, 0.2) is 0 Å². The van der Waals surface area contributed by atoms with E-state index in [0.29, 0.717) is 5.95 Å². The van der Waals surface area contributed by atoms with Gasteiger partial charge in [-0.15, -0.1) is 0 Å². The number of hydrogen-bond acceptors (Lipinski definition) is 2. The molecule has 0 fully saturated rings. The Morgan fingerprint density at radius 2 is 0.767 bits per heavy atom. The van der Waals surface area contributed by atoms with Gasteiger partial charge >= 0.3 is 0 Å². The lowest BCUT2D eigenvalue weighted by atomic mass is 9.89. The van der Waals surface area contributed by atoms with E-state index in [-0.39, 0.29) is 0 Å². The molecule has 0 aliphatic heterocycles. The SMILES string of the molecule is c1ccc(-c2cccc(-c3nc(-n4c5ccccc5c5c6c7ccccc7c7ccccc7c6c6c7ccccc7n(-c7ccccc7)c6c54)nc4ccccc34)c2)cc1. The number of rotatable bonds is 4. The fourth-order valence-corrected chi connectivity index (χ4v) is 10.0. The topological polar surface area (TPSA) is 35.6 Å². The van der Waals surface area contributed by atoms with Crippen LogP contribution in [0.3, 0.4) is 0 Å². The predicted octanol–water partition coefficient (Wildman–Crippen LogP) is 14.6. The van der Waals surface area contributed by atoms with Crippen LogP contribution in [-0.4, -0.2) is 19.1 Å². The van der Waals surface area contributed by atoms with Gasteiger partial charge < -0.3 is 4.57 Å². The molecule has 0 saturated carbocycles. The Kier molecular flexibility index (Phi) is 6.98. The Morgan fingerprint density at radius 3 is 1.42 bits per heavy atom. The van der Waals surface area contributed by atoms with Crippen molar-refractivity contribution in [3.8, 4) is 34.0 Å². The molecule has 13 aromatic rings. The van der Waals surface area contributed by atoms with Crippen molar-refractivity contribution in [3.05, 3.63) is 206 Å². The Morgan fingerprint density at radius 1 is 0.300 bits per heavy atom. The third-order valence-electron chi connectivity index (χ3n) is 12.5. The highest BCUT2D eigenvalue weighted by molar-refractivity contribution is 6.45. The second-order valence-corrected chi connectivity index (χ2v) is 15.7. The first-order chi connectivity index (χ1) is 29.8. The number of nitrogens with zero attached hydrogens (tertiary/aromatic N) is 4. The molecule has 0 atom stereocenters. The minimum atomic E-state index is 0.635. The lowest BCUT2D eigenvalue weighted by molar-refractivity contribution is 1.01. The van der Waals surface area contributed by atoms with Crippen LogP contribution in [0.1, 0.15) is 0 Å². The van der Waals surface area contributed by atoms with Crippen LogP contribution in [0.15, 0.2) is 206 Å². The second-order valence-electron chi connectivity index (χ2n) is 15.7. The number of aromatic nitrogens is 4. The summed E-state index contributed by atoms with van der Waals surface area (Å²) >= 11 is 0. The molecule has 0 aliphatic carbocycles. The molecule has 278 valence electrons. The van der Waals surface area contributed by atoms with E-state index < -0.39 is 0 Å². The van der Waals surface area contributed by atoms with Crippen LogP contribution < -0.4 is 0 Å².